The summed E-state index contributed by atoms with van der Waals surface area (Å²) in [7, 11) is 0. The van der Waals surface area contributed by atoms with Crippen LogP contribution in [0, 0.1) is 0 Å². The molecule has 0 saturated heterocycles. The van der Waals surface area contributed by atoms with Gasteiger partial charge in [0.05, 0.1) is 17.7 Å². The standard InChI is InChI=1S/C22H34N2O2/c1-8-10-15-26-17(3)23-21(4,5)18-13-11-14-19(16-18)22(6,7)24-20(25)12-9-2/h8,11,13-14,16,23H,1,3,9-10,12,15H2,2,4-7H3,(H,24,25). The predicted octanol–water partition coefficient (Wildman–Crippen LogP) is 4.73. The largest absolute Gasteiger partial charge is 0.479 e. The van der Waals surface area contributed by atoms with Crippen molar-refractivity contribution in [2.24, 2.45) is 0 Å². The number of hydrogen-bond acceptors (Lipinski definition) is 3. The van der Waals surface area contributed by atoms with Crippen LogP contribution in [0.25, 0.3) is 0 Å². The van der Waals surface area contributed by atoms with Crippen LogP contribution < -0.4 is 10.6 Å². The van der Waals surface area contributed by atoms with Gasteiger partial charge in [-0.2, -0.15) is 0 Å². The summed E-state index contributed by atoms with van der Waals surface area (Å²) in [5.41, 5.74) is 1.37. The van der Waals surface area contributed by atoms with E-state index in [1.54, 1.807) is 0 Å². The van der Waals surface area contributed by atoms with E-state index in [2.05, 4.69) is 49.8 Å². The fourth-order valence-corrected chi connectivity index (χ4v) is 2.73. The van der Waals surface area contributed by atoms with Crippen LogP contribution in [0.3, 0.4) is 0 Å². The zero-order valence-electron chi connectivity index (χ0n) is 16.9. The molecule has 0 heterocycles. The molecule has 0 aliphatic heterocycles. The molecule has 2 N–H and O–H groups in total. The fourth-order valence-electron chi connectivity index (χ4n) is 2.73. The summed E-state index contributed by atoms with van der Waals surface area (Å²) in [6.07, 6.45) is 3.98. The minimum Gasteiger partial charge on any atom is -0.479 e. The Morgan fingerprint density at radius 1 is 1.15 bits per heavy atom. The highest BCUT2D eigenvalue weighted by molar-refractivity contribution is 5.76. The Labute approximate surface area is 158 Å². The summed E-state index contributed by atoms with van der Waals surface area (Å²) in [4.78, 5) is 12.0. The number of amides is 1. The highest BCUT2D eigenvalue weighted by Crippen LogP contribution is 2.27. The Balaban J connectivity index is 2.91. The molecule has 144 valence electrons. The van der Waals surface area contributed by atoms with Gasteiger partial charge in [0.25, 0.3) is 0 Å². The number of ether oxygens (including phenoxy) is 1. The third-order valence-electron chi connectivity index (χ3n) is 4.29. The topological polar surface area (TPSA) is 50.4 Å². The molecule has 1 aromatic rings. The summed E-state index contributed by atoms with van der Waals surface area (Å²) in [6.45, 7) is 18.4. The molecule has 1 amide bonds. The maximum Gasteiger partial charge on any atom is 0.220 e. The van der Waals surface area contributed by atoms with Gasteiger partial charge in [0.1, 0.15) is 0 Å². The van der Waals surface area contributed by atoms with E-state index >= 15 is 0 Å². The first-order chi connectivity index (χ1) is 12.1. The lowest BCUT2D eigenvalue weighted by atomic mass is 9.87. The summed E-state index contributed by atoms with van der Waals surface area (Å²) in [5, 5.41) is 6.45. The quantitative estimate of drug-likeness (QED) is 0.342. The van der Waals surface area contributed by atoms with Crippen molar-refractivity contribution in [3.8, 4) is 0 Å². The molecule has 0 atom stereocenters. The van der Waals surface area contributed by atoms with E-state index in [1.165, 1.54) is 0 Å². The Bertz CT molecular complexity index is 633. The van der Waals surface area contributed by atoms with Crippen molar-refractivity contribution >= 4 is 5.91 Å². The van der Waals surface area contributed by atoms with Gasteiger partial charge in [0.2, 0.25) is 5.91 Å². The van der Waals surface area contributed by atoms with Crippen LogP contribution in [0.4, 0.5) is 0 Å². The first-order valence-corrected chi connectivity index (χ1v) is 9.25. The molecule has 0 spiro atoms. The van der Waals surface area contributed by atoms with Crippen LogP contribution in [0.2, 0.25) is 0 Å². The third kappa shape index (κ3) is 6.58. The maximum absolute atomic E-state index is 12.0. The van der Waals surface area contributed by atoms with Gasteiger partial charge in [-0.15, -0.1) is 6.58 Å². The number of carbonyl (C=O) groups excluding carboxylic acids is 1. The van der Waals surface area contributed by atoms with Gasteiger partial charge in [-0.1, -0.05) is 37.3 Å². The Hall–Kier alpha value is -2.23. The summed E-state index contributed by atoms with van der Waals surface area (Å²) in [5.74, 6) is 0.613. The summed E-state index contributed by atoms with van der Waals surface area (Å²) >= 11 is 0. The molecule has 26 heavy (non-hydrogen) atoms. The van der Waals surface area contributed by atoms with Gasteiger partial charge in [-0.05, 0) is 58.2 Å². The third-order valence-corrected chi connectivity index (χ3v) is 4.29. The summed E-state index contributed by atoms with van der Waals surface area (Å²) < 4.78 is 5.58. The van der Waals surface area contributed by atoms with Crippen molar-refractivity contribution in [3.05, 3.63) is 60.5 Å². The Morgan fingerprint density at radius 3 is 2.27 bits per heavy atom. The van der Waals surface area contributed by atoms with E-state index in [0.717, 1.165) is 24.0 Å². The minimum atomic E-state index is -0.435. The van der Waals surface area contributed by atoms with Crippen molar-refractivity contribution in [1.29, 1.82) is 0 Å². The molecule has 0 aromatic heterocycles. The average Bonchev–Trinajstić information content (AvgIpc) is 2.54. The molecule has 4 heteroatoms. The Kier molecular flexibility index (Phi) is 7.94. The zero-order chi connectivity index (χ0) is 19.8. The zero-order valence-corrected chi connectivity index (χ0v) is 16.9. The highest BCUT2D eigenvalue weighted by atomic mass is 16.5. The van der Waals surface area contributed by atoms with Gasteiger partial charge in [0, 0.05) is 6.42 Å². The van der Waals surface area contributed by atoms with Crippen LogP contribution in [-0.2, 0) is 20.6 Å². The molecule has 1 rings (SSSR count). The van der Waals surface area contributed by atoms with Crippen molar-refractivity contribution in [3.63, 3.8) is 0 Å². The van der Waals surface area contributed by atoms with Crippen LogP contribution in [-0.4, -0.2) is 12.5 Å². The first kappa shape index (κ1) is 21.8. The van der Waals surface area contributed by atoms with Crippen LogP contribution >= 0.6 is 0 Å². The number of nitrogens with one attached hydrogen (secondary N) is 2. The molecule has 0 aliphatic carbocycles. The number of carbonyl (C=O) groups is 1. The molecule has 0 unspecified atom stereocenters. The van der Waals surface area contributed by atoms with E-state index in [9.17, 15) is 4.79 Å². The lowest BCUT2D eigenvalue weighted by molar-refractivity contribution is -0.122. The van der Waals surface area contributed by atoms with Gasteiger partial charge < -0.3 is 15.4 Å². The molecular weight excluding hydrogens is 324 g/mol. The normalized spacial score (nSPS) is 11.6. The predicted molar refractivity (Wildman–Crippen MR) is 109 cm³/mol. The van der Waals surface area contributed by atoms with E-state index in [0.29, 0.717) is 18.9 Å². The van der Waals surface area contributed by atoms with E-state index in [4.69, 9.17) is 4.74 Å². The molecule has 0 saturated carbocycles. The number of rotatable bonds is 11. The average molecular weight is 359 g/mol. The van der Waals surface area contributed by atoms with Gasteiger partial charge in [-0.3, -0.25) is 4.79 Å². The minimum absolute atomic E-state index is 0.0734. The van der Waals surface area contributed by atoms with Crippen molar-refractivity contribution in [2.45, 2.75) is 65.0 Å². The van der Waals surface area contributed by atoms with E-state index < -0.39 is 5.54 Å². The number of benzene rings is 1. The SMILES string of the molecule is C=CCCOC(=C)NC(C)(C)c1cccc(C(C)(C)NC(=O)CCC)c1. The fraction of sp³-hybridized carbons (Fsp3) is 0.500. The smallest absolute Gasteiger partial charge is 0.220 e. The van der Waals surface area contributed by atoms with E-state index in [-0.39, 0.29) is 11.4 Å². The first-order valence-electron chi connectivity index (χ1n) is 9.25. The highest BCUT2D eigenvalue weighted by Gasteiger charge is 2.26. The van der Waals surface area contributed by atoms with Gasteiger partial charge >= 0.3 is 0 Å². The second-order valence-corrected chi connectivity index (χ2v) is 7.60. The monoisotopic (exact) mass is 358 g/mol. The Morgan fingerprint density at radius 2 is 1.73 bits per heavy atom. The van der Waals surface area contributed by atoms with Gasteiger partial charge in [0.15, 0.2) is 5.88 Å². The van der Waals surface area contributed by atoms with Gasteiger partial charge in [-0.25, -0.2) is 0 Å². The molecule has 4 nitrogen and oxygen atoms in total. The molecule has 0 bridgehead atoms. The van der Waals surface area contributed by atoms with Crippen molar-refractivity contribution in [1.82, 2.24) is 10.6 Å². The molecule has 0 radical (unpaired) electrons. The molecule has 0 aliphatic rings. The van der Waals surface area contributed by atoms with Crippen LogP contribution in [0.5, 0.6) is 0 Å². The molecule has 0 fully saturated rings. The van der Waals surface area contributed by atoms with Crippen LogP contribution in [0.1, 0.15) is 65.0 Å². The number of hydrogen-bond donors (Lipinski definition) is 2. The molecule has 1 aromatic carbocycles. The van der Waals surface area contributed by atoms with Crippen molar-refractivity contribution in [2.75, 3.05) is 6.61 Å². The molecular formula is C22H34N2O2. The van der Waals surface area contributed by atoms with Crippen molar-refractivity contribution < 1.29 is 9.53 Å². The lowest BCUT2D eigenvalue weighted by Gasteiger charge is -2.32. The van der Waals surface area contributed by atoms with E-state index in [1.807, 2.05) is 39.0 Å². The van der Waals surface area contributed by atoms with Crippen LogP contribution in [0.15, 0.2) is 49.4 Å². The summed E-state index contributed by atoms with van der Waals surface area (Å²) in [6, 6.07) is 8.25. The second kappa shape index (κ2) is 9.46. The second-order valence-electron chi connectivity index (χ2n) is 7.60. The lowest BCUT2D eigenvalue weighted by Crippen LogP contribution is -2.41. The maximum atomic E-state index is 12.0.